The number of nitrogens with zero attached hydrogens (tertiary/aromatic N) is 2. The molecule has 0 N–H and O–H groups in total. The van der Waals surface area contributed by atoms with Crippen LogP contribution in [0, 0.1) is 17.1 Å². The van der Waals surface area contributed by atoms with E-state index in [1.807, 2.05) is 0 Å². The highest BCUT2D eigenvalue weighted by Gasteiger charge is 2.30. The highest BCUT2D eigenvalue weighted by molar-refractivity contribution is 5.60. The first-order valence-electron chi connectivity index (χ1n) is 7.85. The topological polar surface area (TPSA) is 45.8 Å². The lowest BCUT2D eigenvalue weighted by Gasteiger charge is -2.15. The molecule has 7 heteroatoms. The number of halogens is 4. The third kappa shape index (κ3) is 3.90. The smallest absolute Gasteiger partial charge is 0.303 e. The van der Waals surface area contributed by atoms with E-state index in [1.54, 1.807) is 6.07 Å². The van der Waals surface area contributed by atoms with Crippen molar-refractivity contribution in [1.82, 2.24) is 4.57 Å². The Bertz CT molecular complexity index is 1080. The highest BCUT2D eigenvalue weighted by Crippen LogP contribution is 2.30. The number of pyridine rings is 1. The van der Waals surface area contributed by atoms with Crippen molar-refractivity contribution in [3.05, 3.63) is 93.5 Å². The molecule has 27 heavy (non-hydrogen) atoms. The van der Waals surface area contributed by atoms with Gasteiger partial charge in [-0.25, -0.2) is 4.39 Å². The predicted octanol–water partition coefficient (Wildman–Crippen LogP) is 4.59. The zero-order chi connectivity index (χ0) is 19.6. The maximum Gasteiger partial charge on any atom is 0.416 e. The molecule has 0 spiro atoms. The van der Waals surface area contributed by atoms with Crippen molar-refractivity contribution < 1.29 is 17.6 Å². The first-order chi connectivity index (χ1) is 12.8. The molecule has 0 saturated heterocycles. The van der Waals surface area contributed by atoms with E-state index in [0.717, 1.165) is 12.1 Å². The largest absolute Gasteiger partial charge is 0.416 e. The molecule has 3 rings (SSSR count). The normalized spacial score (nSPS) is 11.2. The predicted molar refractivity (Wildman–Crippen MR) is 91.4 cm³/mol. The molecular formula is C20H12F4N2O. The molecule has 0 atom stereocenters. The number of alkyl halides is 3. The lowest BCUT2D eigenvalue weighted by molar-refractivity contribution is -0.137. The van der Waals surface area contributed by atoms with Gasteiger partial charge in [-0.15, -0.1) is 0 Å². The quantitative estimate of drug-likeness (QED) is 0.631. The Morgan fingerprint density at radius 2 is 1.70 bits per heavy atom. The van der Waals surface area contributed by atoms with Gasteiger partial charge < -0.3 is 4.57 Å². The molecular weight excluding hydrogens is 360 g/mol. The lowest BCUT2D eigenvalue weighted by Crippen LogP contribution is -2.24. The second kappa shape index (κ2) is 7.08. The molecule has 0 bridgehead atoms. The van der Waals surface area contributed by atoms with Crippen LogP contribution in [0.2, 0.25) is 0 Å². The van der Waals surface area contributed by atoms with Crippen LogP contribution in [0.1, 0.15) is 16.7 Å². The van der Waals surface area contributed by atoms with Crippen molar-refractivity contribution in [3.63, 3.8) is 0 Å². The number of hydrogen-bond donors (Lipinski definition) is 0. The second-order valence-corrected chi connectivity index (χ2v) is 5.84. The van der Waals surface area contributed by atoms with E-state index in [1.165, 1.54) is 53.1 Å². The zero-order valence-corrected chi connectivity index (χ0v) is 13.8. The first kappa shape index (κ1) is 18.4. The van der Waals surface area contributed by atoms with Gasteiger partial charge in [0.05, 0.1) is 17.8 Å². The molecule has 0 aliphatic heterocycles. The molecule has 3 nitrogen and oxygen atoms in total. The molecule has 136 valence electrons. The number of rotatable bonds is 3. The summed E-state index contributed by atoms with van der Waals surface area (Å²) in [7, 11) is 0. The SMILES string of the molecule is N#Cc1ccc(-c2ccc(F)cc2)n(Cc2cccc(C(F)(F)F)c2)c1=O. The molecule has 0 aliphatic rings. The standard InChI is InChI=1S/C20H12F4N2O/c21-17-7-4-14(5-8-17)18-9-6-15(11-25)19(27)26(18)12-13-2-1-3-16(10-13)20(22,23)24/h1-10H,12H2. The zero-order valence-electron chi connectivity index (χ0n) is 13.8. The molecule has 0 radical (unpaired) electrons. The van der Waals surface area contributed by atoms with Crippen LogP contribution in [0.25, 0.3) is 11.3 Å². The van der Waals surface area contributed by atoms with Gasteiger partial charge in [-0.3, -0.25) is 4.79 Å². The summed E-state index contributed by atoms with van der Waals surface area (Å²) in [4.78, 5) is 12.6. The van der Waals surface area contributed by atoms with Crippen LogP contribution in [0.15, 0.2) is 65.5 Å². The van der Waals surface area contributed by atoms with E-state index < -0.39 is 23.1 Å². The summed E-state index contributed by atoms with van der Waals surface area (Å²) in [6.45, 7) is -0.162. The number of hydrogen-bond acceptors (Lipinski definition) is 2. The average Bonchev–Trinajstić information content (AvgIpc) is 2.64. The van der Waals surface area contributed by atoms with Crippen LogP contribution in [-0.4, -0.2) is 4.57 Å². The minimum atomic E-state index is -4.50. The van der Waals surface area contributed by atoms with Crippen molar-refractivity contribution >= 4 is 0 Å². The molecule has 0 saturated carbocycles. The van der Waals surface area contributed by atoms with Crippen molar-refractivity contribution in [2.45, 2.75) is 12.7 Å². The Morgan fingerprint density at radius 3 is 2.33 bits per heavy atom. The van der Waals surface area contributed by atoms with Gasteiger partial charge in [-0.1, -0.05) is 12.1 Å². The van der Waals surface area contributed by atoms with Crippen molar-refractivity contribution in [2.24, 2.45) is 0 Å². The first-order valence-corrected chi connectivity index (χ1v) is 7.85. The van der Waals surface area contributed by atoms with Crippen LogP contribution in [-0.2, 0) is 12.7 Å². The summed E-state index contributed by atoms with van der Waals surface area (Å²) >= 11 is 0. The van der Waals surface area contributed by atoms with Crippen LogP contribution < -0.4 is 5.56 Å². The number of nitriles is 1. The molecule has 0 amide bonds. The van der Waals surface area contributed by atoms with E-state index >= 15 is 0 Å². The Morgan fingerprint density at radius 1 is 1.00 bits per heavy atom. The fourth-order valence-electron chi connectivity index (χ4n) is 2.72. The van der Waals surface area contributed by atoms with Crippen LogP contribution in [0.3, 0.4) is 0 Å². The Kier molecular flexibility index (Phi) is 4.82. The van der Waals surface area contributed by atoms with Crippen molar-refractivity contribution in [1.29, 1.82) is 5.26 Å². The van der Waals surface area contributed by atoms with E-state index in [9.17, 15) is 22.4 Å². The summed E-state index contributed by atoms with van der Waals surface area (Å²) in [5.41, 5.74) is -0.454. The monoisotopic (exact) mass is 372 g/mol. The third-order valence-corrected chi connectivity index (χ3v) is 4.03. The molecule has 2 aromatic carbocycles. The van der Waals surface area contributed by atoms with Gasteiger partial charge in [0.15, 0.2) is 0 Å². The fourth-order valence-corrected chi connectivity index (χ4v) is 2.72. The van der Waals surface area contributed by atoms with Crippen LogP contribution >= 0.6 is 0 Å². The summed E-state index contributed by atoms with van der Waals surface area (Å²) in [6.07, 6.45) is -4.50. The van der Waals surface area contributed by atoms with Gasteiger partial charge in [-0.05, 0) is 59.7 Å². The average molecular weight is 372 g/mol. The Balaban J connectivity index is 2.13. The fraction of sp³-hybridized carbons (Fsp3) is 0.100. The van der Waals surface area contributed by atoms with Gasteiger partial charge in [0.25, 0.3) is 5.56 Å². The van der Waals surface area contributed by atoms with E-state index in [4.69, 9.17) is 5.26 Å². The highest BCUT2D eigenvalue weighted by atomic mass is 19.4. The molecule has 0 aliphatic carbocycles. The maximum atomic E-state index is 13.2. The van der Waals surface area contributed by atoms with E-state index in [0.29, 0.717) is 11.3 Å². The molecule has 1 aromatic heterocycles. The number of benzene rings is 2. The van der Waals surface area contributed by atoms with Crippen LogP contribution in [0.5, 0.6) is 0 Å². The lowest BCUT2D eigenvalue weighted by atomic mass is 10.1. The second-order valence-electron chi connectivity index (χ2n) is 5.84. The maximum absolute atomic E-state index is 13.2. The van der Waals surface area contributed by atoms with Gasteiger partial charge in [0.2, 0.25) is 0 Å². The van der Waals surface area contributed by atoms with Gasteiger partial charge in [-0.2, -0.15) is 18.4 Å². The minimum Gasteiger partial charge on any atom is -0.303 e. The summed E-state index contributed by atoms with van der Waals surface area (Å²) in [6, 6.07) is 14.6. The summed E-state index contributed by atoms with van der Waals surface area (Å²) < 4.78 is 53.2. The molecule has 3 aromatic rings. The Labute approximate surface area is 151 Å². The van der Waals surface area contributed by atoms with E-state index in [2.05, 4.69) is 0 Å². The Hall–Kier alpha value is -3.40. The third-order valence-electron chi connectivity index (χ3n) is 4.03. The minimum absolute atomic E-state index is 0.132. The van der Waals surface area contributed by atoms with Crippen LogP contribution in [0.4, 0.5) is 17.6 Å². The van der Waals surface area contributed by atoms with Gasteiger partial charge in [0, 0.05) is 0 Å². The molecule has 1 heterocycles. The van der Waals surface area contributed by atoms with E-state index in [-0.39, 0.29) is 17.7 Å². The van der Waals surface area contributed by atoms with Crippen molar-refractivity contribution in [3.8, 4) is 17.3 Å². The van der Waals surface area contributed by atoms with Crippen molar-refractivity contribution in [2.75, 3.05) is 0 Å². The summed E-state index contributed by atoms with van der Waals surface area (Å²) in [5.74, 6) is -0.459. The molecule has 0 fully saturated rings. The van der Waals surface area contributed by atoms with Gasteiger partial charge in [0.1, 0.15) is 17.4 Å². The number of aromatic nitrogens is 1. The summed E-state index contributed by atoms with van der Waals surface area (Å²) in [5, 5.41) is 9.10. The van der Waals surface area contributed by atoms with Gasteiger partial charge >= 0.3 is 6.18 Å². The molecule has 0 unspecified atom stereocenters.